The summed E-state index contributed by atoms with van der Waals surface area (Å²) in [5.74, 6) is -2.04. The number of hydrogen-bond acceptors (Lipinski definition) is 1. The van der Waals surface area contributed by atoms with Crippen LogP contribution in [0.5, 0.6) is 0 Å². The summed E-state index contributed by atoms with van der Waals surface area (Å²) in [5.41, 5.74) is -0.524. The van der Waals surface area contributed by atoms with Gasteiger partial charge in [0.1, 0.15) is 11.6 Å². The van der Waals surface area contributed by atoms with E-state index in [0.717, 1.165) is 0 Å². The summed E-state index contributed by atoms with van der Waals surface area (Å²) in [6, 6.07) is 1.81. The molecule has 0 saturated heterocycles. The molecule has 0 aliphatic heterocycles. The molecule has 0 fully saturated rings. The fraction of sp³-hybridized carbons (Fsp3) is 0.250. The van der Waals surface area contributed by atoms with Crippen LogP contribution in [0.2, 0.25) is 0 Å². The molecule has 6 heteroatoms. The van der Waals surface area contributed by atoms with E-state index < -0.39 is 28.1 Å². The molecular weight excluding hydrogens is 268 g/mol. The number of alkyl halides is 3. The van der Waals surface area contributed by atoms with Gasteiger partial charge in [-0.25, -0.2) is 8.78 Å². The first-order chi connectivity index (χ1) is 6.30. The van der Waals surface area contributed by atoms with Gasteiger partial charge in [0.15, 0.2) is 6.10 Å². The fourth-order valence-corrected chi connectivity index (χ4v) is 1.19. The Kier molecular flexibility index (Phi) is 3.16. The topological polar surface area (TPSA) is 20.2 Å². The van der Waals surface area contributed by atoms with Crippen LogP contribution in [0, 0.1) is 11.6 Å². The smallest absolute Gasteiger partial charge is 0.330 e. The highest BCUT2D eigenvalue weighted by molar-refractivity contribution is 9.10. The Morgan fingerprint density at radius 3 is 1.93 bits per heavy atom. The number of halogens is 5. The lowest BCUT2D eigenvalue weighted by atomic mass is 10.1. The van der Waals surface area contributed by atoms with Crippen molar-refractivity contribution in [1.29, 1.82) is 0 Å². The van der Waals surface area contributed by atoms with Crippen LogP contribution in [0.25, 0.3) is 0 Å². The number of aliphatic hydroxyl groups excluding tert-OH is 1. The van der Waals surface area contributed by atoms with Crippen molar-refractivity contribution in [3.05, 3.63) is 35.4 Å². The summed E-state index contributed by atoms with van der Waals surface area (Å²) in [7, 11) is 0. The standard InChI is InChI=1S/C8H5BrF4O/c9-8(12,13)7(14)4-1-5(10)3-6(11)2-4/h1-3,7,14H. The molecule has 0 aliphatic carbocycles. The van der Waals surface area contributed by atoms with Crippen molar-refractivity contribution in [2.24, 2.45) is 0 Å². The fourth-order valence-electron chi connectivity index (χ4n) is 0.922. The van der Waals surface area contributed by atoms with E-state index in [2.05, 4.69) is 0 Å². The van der Waals surface area contributed by atoms with Gasteiger partial charge in [0.2, 0.25) is 0 Å². The minimum atomic E-state index is -3.62. The van der Waals surface area contributed by atoms with Crippen molar-refractivity contribution in [3.63, 3.8) is 0 Å². The van der Waals surface area contributed by atoms with Gasteiger partial charge in [-0.3, -0.25) is 0 Å². The van der Waals surface area contributed by atoms with Gasteiger partial charge in [-0.1, -0.05) is 0 Å². The van der Waals surface area contributed by atoms with Crippen molar-refractivity contribution in [2.45, 2.75) is 10.9 Å². The first-order valence-corrected chi connectivity index (χ1v) is 4.31. The van der Waals surface area contributed by atoms with Gasteiger partial charge in [0.25, 0.3) is 0 Å². The summed E-state index contributed by atoms with van der Waals surface area (Å²) >= 11 is 1.90. The molecule has 0 aromatic heterocycles. The molecule has 1 N–H and O–H groups in total. The highest BCUT2D eigenvalue weighted by Gasteiger charge is 2.36. The first kappa shape index (κ1) is 11.5. The van der Waals surface area contributed by atoms with Crippen LogP contribution in [0.15, 0.2) is 18.2 Å². The van der Waals surface area contributed by atoms with Gasteiger partial charge in [-0.15, -0.1) is 0 Å². The molecule has 1 unspecified atom stereocenters. The lowest BCUT2D eigenvalue weighted by Crippen LogP contribution is -2.18. The normalized spacial score (nSPS) is 14.1. The first-order valence-electron chi connectivity index (χ1n) is 3.51. The van der Waals surface area contributed by atoms with E-state index in [4.69, 9.17) is 5.11 Å². The lowest BCUT2D eigenvalue weighted by molar-refractivity contribution is -0.0297. The Hall–Kier alpha value is -0.620. The van der Waals surface area contributed by atoms with Crippen molar-refractivity contribution in [3.8, 4) is 0 Å². The maximum atomic E-state index is 12.6. The van der Waals surface area contributed by atoms with Gasteiger partial charge in [-0.05, 0) is 33.6 Å². The predicted octanol–water partition coefficient (Wildman–Crippen LogP) is 2.99. The maximum absolute atomic E-state index is 12.6. The number of rotatable bonds is 2. The molecule has 14 heavy (non-hydrogen) atoms. The quantitative estimate of drug-likeness (QED) is 0.648. The number of hydrogen-bond donors (Lipinski definition) is 1. The van der Waals surface area contributed by atoms with Crippen LogP contribution >= 0.6 is 15.9 Å². The Morgan fingerprint density at radius 1 is 1.14 bits per heavy atom. The van der Waals surface area contributed by atoms with E-state index in [1.54, 1.807) is 0 Å². The Balaban J connectivity index is 3.07. The average molecular weight is 273 g/mol. The molecule has 0 amide bonds. The molecule has 0 bridgehead atoms. The SMILES string of the molecule is OC(c1cc(F)cc(F)c1)C(F)(F)Br. The van der Waals surface area contributed by atoms with Gasteiger partial charge < -0.3 is 5.11 Å². The minimum absolute atomic E-state index is 0.524. The summed E-state index contributed by atoms with van der Waals surface area (Å²) in [5, 5.41) is 8.98. The predicted molar refractivity (Wildman–Crippen MR) is 45.2 cm³/mol. The zero-order valence-corrected chi connectivity index (χ0v) is 8.23. The zero-order chi connectivity index (χ0) is 10.9. The number of aliphatic hydroxyl groups is 1. The van der Waals surface area contributed by atoms with Gasteiger partial charge >= 0.3 is 4.83 Å². The van der Waals surface area contributed by atoms with E-state index in [1.807, 2.05) is 15.9 Å². The van der Waals surface area contributed by atoms with E-state index in [-0.39, 0.29) is 0 Å². The van der Waals surface area contributed by atoms with Gasteiger partial charge in [0.05, 0.1) is 0 Å². The maximum Gasteiger partial charge on any atom is 0.330 e. The second-order valence-electron chi connectivity index (χ2n) is 2.65. The van der Waals surface area contributed by atoms with E-state index in [9.17, 15) is 17.6 Å². The average Bonchev–Trinajstić information content (AvgIpc) is 1.99. The second-order valence-corrected chi connectivity index (χ2v) is 3.70. The highest BCUT2D eigenvalue weighted by Crippen LogP contribution is 2.36. The van der Waals surface area contributed by atoms with Crippen molar-refractivity contribution < 1.29 is 22.7 Å². The Labute approximate surface area is 85.5 Å². The van der Waals surface area contributed by atoms with Crippen molar-refractivity contribution >= 4 is 15.9 Å². The Morgan fingerprint density at radius 2 is 1.57 bits per heavy atom. The Bertz CT molecular complexity index is 316. The summed E-state index contributed by atoms with van der Waals surface area (Å²) in [4.78, 5) is -3.62. The molecule has 1 rings (SSSR count). The molecule has 0 spiro atoms. The van der Waals surface area contributed by atoms with E-state index in [1.165, 1.54) is 0 Å². The van der Waals surface area contributed by atoms with Crippen molar-refractivity contribution in [2.75, 3.05) is 0 Å². The molecule has 1 nitrogen and oxygen atoms in total. The molecule has 1 aromatic carbocycles. The van der Waals surface area contributed by atoms with E-state index >= 15 is 0 Å². The summed E-state index contributed by atoms with van der Waals surface area (Å²) in [6.07, 6.45) is -2.28. The molecule has 0 saturated carbocycles. The molecule has 1 aromatic rings. The van der Waals surface area contributed by atoms with Gasteiger partial charge in [0, 0.05) is 6.07 Å². The third-order valence-electron chi connectivity index (χ3n) is 1.51. The number of benzene rings is 1. The second kappa shape index (κ2) is 3.86. The van der Waals surface area contributed by atoms with Crippen LogP contribution in [-0.2, 0) is 0 Å². The molecule has 0 aliphatic rings. The largest absolute Gasteiger partial charge is 0.381 e. The summed E-state index contributed by atoms with van der Waals surface area (Å²) < 4.78 is 50.1. The van der Waals surface area contributed by atoms with Crippen molar-refractivity contribution in [1.82, 2.24) is 0 Å². The third kappa shape index (κ3) is 2.68. The van der Waals surface area contributed by atoms with Crippen LogP contribution in [-0.4, -0.2) is 9.94 Å². The molecule has 78 valence electrons. The highest BCUT2D eigenvalue weighted by atomic mass is 79.9. The zero-order valence-electron chi connectivity index (χ0n) is 6.65. The lowest BCUT2D eigenvalue weighted by Gasteiger charge is -2.16. The molecule has 0 radical (unpaired) electrons. The molecule has 0 heterocycles. The van der Waals surface area contributed by atoms with E-state index in [0.29, 0.717) is 18.2 Å². The summed E-state index contributed by atoms with van der Waals surface area (Å²) in [6.45, 7) is 0. The van der Waals surface area contributed by atoms with Crippen LogP contribution in [0.4, 0.5) is 17.6 Å². The van der Waals surface area contributed by atoms with Crippen LogP contribution < -0.4 is 0 Å². The molecular formula is C8H5BrF4O. The van der Waals surface area contributed by atoms with Crippen LogP contribution in [0.1, 0.15) is 11.7 Å². The molecule has 1 atom stereocenters. The van der Waals surface area contributed by atoms with Gasteiger partial charge in [-0.2, -0.15) is 8.78 Å². The third-order valence-corrected chi connectivity index (χ3v) is 1.94. The minimum Gasteiger partial charge on any atom is -0.381 e. The monoisotopic (exact) mass is 272 g/mol. The van der Waals surface area contributed by atoms with Crippen LogP contribution in [0.3, 0.4) is 0 Å².